The van der Waals surface area contributed by atoms with Crippen molar-refractivity contribution < 1.29 is 29.7 Å². The second-order valence-electron chi connectivity index (χ2n) is 2.18. The van der Waals surface area contributed by atoms with E-state index in [4.69, 9.17) is 29.7 Å². The zero-order chi connectivity index (χ0) is 13.4. The lowest BCUT2D eigenvalue weighted by molar-refractivity contribution is -0.303. The van der Waals surface area contributed by atoms with Crippen LogP contribution >= 0.6 is 0 Å². The maximum Gasteiger partial charge on any atom is 0.0383 e. The Morgan fingerprint density at radius 3 is 0.733 bits per heavy atom. The van der Waals surface area contributed by atoms with Crippen LogP contribution in [-0.4, -0.2) is 17.9 Å². The molecule has 0 saturated carbocycles. The predicted octanol–water partition coefficient (Wildman–Crippen LogP) is -2.32. The Morgan fingerprint density at radius 1 is 0.733 bits per heavy atom. The van der Waals surface area contributed by atoms with Crippen LogP contribution in [0.15, 0.2) is 0 Å². The van der Waals surface area contributed by atoms with Crippen LogP contribution in [0.1, 0.15) is 41.0 Å². The van der Waals surface area contributed by atoms with Crippen LogP contribution in [0, 0.1) is 0 Å². The zero-order valence-electron chi connectivity index (χ0n) is 9.66. The van der Waals surface area contributed by atoms with Crippen LogP contribution in [0.4, 0.5) is 0 Å². The van der Waals surface area contributed by atoms with Gasteiger partial charge in [-0.2, -0.15) is 0 Å². The Labute approximate surface area is 89.5 Å². The van der Waals surface area contributed by atoms with E-state index < -0.39 is 17.9 Å². The molecule has 0 aromatic carbocycles. The number of hydrogen-bond acceptors (Lipinski definition) is 6. The van der Waals surface area contributed by atoms with Gasteiger partial charge in [0.1, 0.15) is 0 Å². The zero-order valence-corrected chi connectivity index (χ0v) is 9.66. The highest BCUT2D eigenvalue weighted by atomic mass is 16.4. The average molecular weight is 221 g/mol. The molecule has 0 amide bonds. The van der Waals surface area contributed by atoms with E-state index in [-0.39, 0.29) is 0 Å². The molecule has 0 aliphatic rings. The minimum absolute atomic E-state index is 0.972. The van der Waals surface area contributed by atoms with Gasteiger partial charge < -0.3 is 29.7 Å². The Bertz CT molecular complexity index is 123. The molecule has 0 rings (SSSR count). The van der Waals surface area contributed by atoms with Crippen molar-refractivity contribution in [1.29, 1.82) is 0 Å². The summed E-state index contributed by atoms with van der Waals surface area (Å²) in [6, 6.07) is 0. The van der Waals surface area contributed by atoms with Crippen molar-refractivity contribution in [3.8, 4) is 0 Å². The third-order valence-electron chi connectivity index (χ3n) is 0. The third-order valence-corrected chi connectivity index (χ3v) is 0. The van der Waals surface area contributed by atoms with Crippen LogP contribution in [0.25, 0.3) is 0 Å². The van der Waals surface area contributed by atoms with Crippen LogP contribution in [-0.2, 0) is 14.4 Å². The molecule has 0 aromatic heterocycles. The molecule has 0 aliphatic carbocycles. The number of carbonyl (C=O) groups is 3. The molecule has 0 aromatic rings. The van der Waals surface area contributed by atoms with Gasteiger partial charge in [0.2, 0.25) is 0 Å². The normalized spacial score (nSPS) is 6.20. The first kappa shape index (κ1) is 23.3. The molecule has 0 unspecified atom stereocenters. The Balaban J connectivity index is -0.0000000542. The molecule has 0 radical (unpaired) electrons. The van der Waals surface area contributed by atoms with Gasteiger partial charge in [0.15, 0.2) is 0 Å². The van der Waals surface area contributed by atoms with Crippen molar-refractivity contribution in [2.45, 2.75) is 41.0 Å². The molecule has 6 nitrogen and oxygen atoms in total. The minimum atomic E-state index is -1.08. The van der Waals surface area contributed by atoms with E-state index in [0.717, 1.165) is 20.8 Å². The molecule has 0 N–H and O–H groups in total. The van der Waals surface area contributed by atoms with E-state index in [1.807, 2.05) is 0 Å². The van der Waals surface area contributed by atoms with E-state index in [1.54, 1.807) is 0 Å². The van der Waals surface area contributed by atoms with Gasteiger partial charge >= 0.3 is 0 Å². The molecule has 0 saturated heterocycles. The van der Waals surface area contributed by atoms with Gasteiger partial charge in [-0.05, 0) is 20.8 Å². The van der Waals surface area contributed by atoms with Crippen molar-refractivity contribution in [1.82, 2.24) is 0 Å². The van der Waals surface area contributed by atoms with Gasteiger partial charge in [-0.25, -0.2) is 0 Å². The van der Waals surface area contributed by atoms with E-state index in [2.05, 4.69) is 13.8 Å². The van der Waals surface area contributed by atoms with Crippen molar-refractivity contribution in [2.24, 2.45) is 0 Å². The molecular formula is C9H17O6-3. The topological polar surface area (TPSA) is 120 Å². The van der Waals surface area contributed by atoms with Crippen LogP contribution in [0.3, 0.4) is 0 Å². The van der Waals surface area contributed by atoms with Gasteiger partial charge in [-0.3, -0.25) is 0 Å². The lowest BCUT2D eigenvalue weighted by Gasteiger charge is -1.77. The first-order chi connectivity index (χ1) is 6.61. The minimum Gasteiger partial charge on any atom is -0.550 e. The second-order valence-corrected chi connectivity index (χ2v) is 2.18. The fraction of sp³-hybridized carbons (Fsp3) is 0.667. The van der Waals surface area contributed by atoms with Gasteiger partial charge in [0, 0.05) is 17.9 Å². The van der Waals surface area contributed by atoms with Crippen LogP contribution in [0.2, 0.25) is 0 Å². The number of carboxylic acid groups (broad SMARTS) is 3. The molecule has 0 atom stereocenters. The van der Waals surface area contributed by atoms with Crippen molar-refractivity contribution >= 4 is 17.9 Å². The highest BCUT2D eigenvalue weighted by molar-refractivity contribution is 5.60. The fourth-order valence-corrected chi connectivity index (χ4v) is 0. The maximum absolute atomic E-state index is 8.89. The molecule has 92 valence electrons. The summed E-state index contributed by atoms with van der Waals surface area (Å²) in [7, 11) is 0. The van der Waals surface area contributed by atoms with Crippen LogP contribution in [0.5, 0.6) is 0 Å². The standard InChI is InChI=1S/C3H8.3C2H4O2/c1-3-2;3*1-2(3)4/h3H2,1-2H3;3*1H3,(H,3,4)/p-3. The lowest BCUT2D eigenvalue weighted by Crippen LogP contribution is -2.16. The van der Waals surface area contributed by atoms with Gasteiger partial charge in [-0.1, -0.05) is 20.3 Å². The molecule has 0 bridgehead atoms. The SMILES string of the molecule is CC(=O)[O-].CC(=O)[O-].CC(=O)[O-].CCC. The first-order valence-corrected chi connectivity index (χ1v) is 4.14. The van der Waals surface area contributed by atoms with Gasteiger partial charge in [0.25, 0.3) is 0 Å². The molecule has 0 heterocycles. The van der Waals surface area contributed by atoms with Crippen molar-refractivity contribution in [2.75, 3.05) is 0 Å². The number of carboxylic acids is 3. The summed E-state index contributed by atoms with van der Waals surface area (Å²) in [5.74, 6) is -3.25. The molecule has 15 heavy (non-hydrogen) atoms. The maximum atomic E-state index is 8.89. The second kappa shape index (κ2) is 22.8. The monoisotopic (exact) mass is 221 g/mol. The molecule has 0 spiro atoms. The molecule has 0 fully saturated rings. The van der Waals surface area contributed by atoms with Gasteiger partial charge in [-0.15, -0.1) is 0 Å². The highest BCUT2D eigenvalue weighted by Crippen LogP contribution is 1.56. The number of hydrogen-bond donors (Lipinski definition) is 0. The summed E-state index contributed by atoms with van der Waals surface area (Å²) in [4.78, 5) is 26.7. The molecule has 6 heteroatoms. The van der Waals surface area contributed by atoms with Crippen molar-refractivity contribution in [3.05, 3.63) is 0 Å². The number of aliphatic carboxylic acids is 3. The summed E-state index contributed by atoms with van der Waals surface area (Å²) < 4.78 is 0. The van der Waals surface area contributed by atoms with Gasteiger partial charge in [0.05, 0.1) is 0 Å². The average Bonchev–Trinajstić information content (AvgIpc) is 1.81. The Hall–Kier alpha value is -1.59. The summed E-state index contributed by atoms with van der Waals surface area (Å²) in [5.41, 5.74) is 0. The lowest BCUT2D eigenvalue weighted by atomic mass is 10.6. The van der Waals surface area contributed by atoms with E-state index in [9.17, 15) is 0 Å². The third kappa shape index (κ3) is 532. The summed E-state index contributed by atoms with van der Waals surface area (Å²) >= 11 is 0. The Kier molecular flexibility index (Phi) is 35.5. The van der Waals surface area contributed by atoms with E-state index >= 15 is 0 Å². The molecule has 0 aliphatic heterocycles. The summed E-state index contributed by atoms with van der Waals surface area (Å²) in [6.45, 7) is 7.17. The predicted molar refractivity (Wildman–Crippen MR) is 48.0 cm³/mol. The van der Waals surface area contributed by atoms with E-state index in [0.29, 0.717) is 0 Å². The Morgan fingerprint density at radius 2 is 0.733 bits per heavy atom. The first-order valence-electron chi connectivity index (χ1n) is 4.14. The summed E-state index contributed by atoms with van der Waals surface area (Å²) in [5, 5.41) is 26.7. The number of rotatable bonds is 0. The smallest absolute Gasteiger partial charge is 0.0383 e. The quantitative estimate of drug-likeness (QED) is 0.453. The summed E-state index contributed by atoms with van der Waals surface area (Å²) in [6.07, 6.45) is 1.25. The van der Waals surface area contributed by atoms with E-state index in [1.165, 1.54) is 6.42 Å². The fourth-order valence-electron chi connectivity index (χ4n) is 0. The highest BCUT2D eigenvalue weighted by Gasteiger charge is 1.47. The van der Waals surface area contributed by atoms with Crippen molar-refractivity contribution in [3.63, 3.8) is 0 Å². The largest absolute Gasteiger partial charge is 0.550 e. The van der Waals surface area contributed by atoms with Crippen LogP contribution < -0.4 is 15.3 Å². The number of carbonyl (C=O) groups excluding carboxylic acids is 3. The molecular weight excluding hydrogens is 204 g/mol.